The van der Waals surface area contributed by atoms with Crippen molar-refractivity contribution in [1.29, 1.82) is 0 Å². The van der Waals surface area contributed by atoms with Crippen LogP contribution in [0.1, 0.15) is 20.3 Å². The first-order valence-corrected chi connectivity index (χ1v) is 8.64. The lowest BCUT2D eigenvalue weighted by Crippen LogP contribution is -2.74. The molecule has 0 aromatic heterocycles. The van der Waals surface area contributed by atoms with E-state index in [-0.39, 0.29) is 6.92 Å². The molecule has 2 nitrogen and oxygen atoms in total. The summed E-state index contributed by atoms with van der Waals surface area (Å²) in [5.74, 6) is -61.6. The first-order chi connectivity index (χ1) is 15.7. The molecule has 0 aromatic carbocycles. The van der Waals surface area contributed by atoms with Gasteiger partial charge in [0.05, 0.1) is 0 Å². The highest BCUT2D eigenvalue weighted by molar-refractivity contribution is 5.77. The van der Waals surface area contributed by atoms with Crippen LogP contribution < -0.4 is 0 Å². The van der Waals surface area contributed by atoms with Crippen molar-refractivity contribution in [3.05, 3.63) is 0 Å². The predicted octanol–water partition coefficient (Wildman–Crippen LogP) is 7.52. The van der Waals surface area contributed by atoms with E-state index >= 15 is 0 Å². The van der Waals surface area contributed by atoms with Gasteiger partial charge in [-0.25, -0.2) is 0 Å². The van der Waals surface area contributed by atoms with Crippen LogP contribution in [0.15, 0.2) is 0 Å². The summed E-state index contributed by atoms with van der Waals surface area (Å²) in [4.78, 5) is 11.4. The van der Waals surface area contributed by atoms with Crippen molar-refractivity contribution in [2.24, 2.45) is 5.41 Å². The Bertz CT molecular complexity index is 838. The Labute approximate surface area is 190 Å². The van der Waals surface area contributed by atoms with E-state index in [1.165, 1.54) is 0 Å². The summed E-state index contributed by atoms with van der Waals surface area (Å²) in [6.45, 7) is -3.33. The Kier molecular flexibility index (Phi) is 8.60. The van der Waals surface area contributed by atoms with Crippen molar-refractivity contribution in [2.45, 2.75) is 74.1 Å². The Hall–Kier alpha value is -1.93. The second kappa shape index (κ2) is 9.08. The SMILES string of the molecule is CCC(C)(C(=O)OCC(F)(F)C(F)(F)C(F)(F)C(F)(F)C(F)(F)C(F)(F)C(F)(F)C(F)(F)F)C(F)(F)F. The predicted molar refractivity (Wildman–Crippen MR) is 76.1 cm³/mol. The molecule has 0 rings (SSSR count). The smallest absolute Gasteiger partial charge is 0.458 e. The minimum Gasteiger partial charge on any atom is -0.458 e. The number of carbonyl (C=O) groups is 1. The topological polar surface area (TPSA) is 26.3 Å². The van der Waals surface area contributed by atoms with Gasteiger partial charge in [0.25, 0.3) is 0 Å². The molecule has 1 unspecified atom stereocenters. The fourth-order valence-corrected chi connectivity index (χ4v) is 2.06. The van der Waals surface area contributed by atoms with E-state index < -0.39 is 78.2 Å². The number of alkyl halides is 20. The fraction of sp³-hybridized carbons (Fsp3) is 0.933. The second-order valence-corrected chi connectivity index (χ2v) is 7.41. The molecule has 0 saturated carbocycles. The molecule has 0 bridgehead atoms. The van der Waals surface area contributed by atoms with Crippen LogP contribution in [0.3, 0.4) is 0 Å². The molecule has 0 saturated heterocycles. The summed E-state index contributed by atoms with van der Waals surface area (Å²) in [7, 11) is 0. The summed E-state index contributed by atoms with van der Waals surface area (Å²) in [5, 5.41) is 0. The van der Waals surface area contributed by atoms with Crippen molar-refractivity contribution in [2.75, 3.05) is 6.61 Å². The van der Waals surface area contributed by atoms with Gasteiger partial charge < -0.3 is 4.74 Å². The van der Waals surface area contributed by atoms with Crippen molar-refractivity contribution < 1.29 is 97.3 Å². The number of hydrogen-bond acceptors (Lipinski definition) is 2. The molecule has 0 radical (unpaired) electrons. The highest BCUT2D eigenvalue weighted by Crippen LogP contribution is 2.64. The number of esters is 1. The van der Waals surface area contributed by atoms with Crippen molar-refractivity contribution >= 4 is 5.97 Å². The average Bonchev–Trinajstić information content (AvgIpc) is 2.68. The Balaban J connectivity index is 6.53. The minimum atomic E-state index is -8.85. The lowest BCUT2D eigenvalue weighted by atomic mass is 9.87. The molecule has 37 heavy (non-hydrogen) atoms. The normalized spacial score (nSPS) is 17.5. The summed E-state index contributed by atoms with van der Waals surface area (Å²) < 4.78 is 264. The maximum Gasteiger partial charge on any atom is 0.460 e. The van der Waals surface area contributed by atoms with Crippen LogP contribution in [0.5, 0.6) is 0 Å². The van der Waals surface area contributed by atoms with Gasteiger partial charge >= 0.3 is 59.8 Å². The first-order valence-electron chi connectivity index (χ1n) is 8.64. The fourth-order valence-electron chi connectivity index (χ4n) is 2.06. The third kappa shape index (κ3) is 4.84. The molecule has 0 amide bonds. The van der Waals surface area contributed by atoms with Gasteiger partial charge in [-0.1, -0.05) is 6.92 Å². The van der Waals surface area contributed by atoms with Crippen molar-refractivity contribution in [1.82, 2.24) is 0 Å². The third-order valence-electron chi connectivity index (χ3n) is 4.95. The summed E-state index contributed by atoms with van der Waals surface area (Å²) in [6, 6.07) is 0. The number of hydrogen-bond donors (Lipinski definition) is 0. The van der Waals surface area contributed by atoms with Crippen LogP contribution in [-0.2, 0) is 9.53 Å². The molecule has 0 aromatic rings. The number of rotatable bonds is 10. The summed E-state index contributed by atoms with van der Waals surface area (Å²) in [6.07, 6.45) is -15.0. The van der Waals surface area contributed by atoms with E-state index in [0.717, 1.165) is 0 Å². The highest BCUT2D eigenvalue weighted by Gasteiger charge is 2.95. The van der Waals surface area contributed by atoms with Crippen LogP contribution in [0.25, 0.3) is 0 Å². The lowest BCUT2D eigenvalue weighted by molar-refractivity contribution is -0.462. The summed E-state index contributed by atoms with van der Waals surface area (Å²) >= 11 is 0. The largest absolute Gasteiger partial charge is 0.460 e. The van der Waals surface area contributed by atoms with E-state index in [0.29, 0.717) is 6.92 Å². The summed E-state index contributed by atoms with van der Waals surface area (Å²) in [5.41, 5.74) is -3.83. The molecule has 0 aliphatic heterocycles. The standard InChI is InChI=1S/C15H10F20O2/c1-3-6(2,14(30,31)32)5(36)37-4-7(16,17)8(18,19)9(20,21)10(22,23)11(24,25)12(26,27)13(28,29)15(33,34)35/h3-4H2,1-2H3. The molecular weight excluding hydrogens is 592 g/mol. The number of ether oxygens (including phenoxy) is 1. The number of halogens is 20. The van der Waals surface area contributed by atoms with Crippen LogP contribution in [0.2, 0.25) is 0 Å². The first kappa shape index (κ1) is 35.1. The van der Waals surface area contributed by atoms with Gasteiger partial charge in [0.2, 0.25) is 0 Å². The van der Waals surface area contributed by atoms with E-state index in [1.54, 1.807) is 0 Å². The second-order valence-electron chi connectivity index (χ2n) is 7.41. The van der Waals surface area contributed by atoms with Crippen LogP contribution >= 0.6 is 0 Å². The maximum absolute atomic E-state index is 13.6. The monoisotopic (exact) mass is 602 g/mol. The van der Waals surface area contributed by atoms with Gasteiger partial charge in [0.1, 0.15) is 0 Å². The molecule has 0 aliphatic rings. The van der Waals surface area contributed by atoms with Gasteiger partial charge in [-0.05, 0) is 13.3 Å². The molecule has 222 valence electrons. The highest BCUT2D eigenvalue weighted by atomic mass is 19.4. The van der Waals surface area contributed by atoms with Crippen LogP contribution in [0.4, 0.5) is 87.8 Å². The zero-order valence-corrected chi connectivity index (χ0v) is 17.3. The molecular formula is C15H10F20O2. The van der Waals surface area contributed by atoms with E-state index in [1.807, 2.05) is 0 Å². The minimum absolute atomic E-state index is 0.113. The molecule has 0 aliphatic carbocycles. The molecule has 0 N–H and O–H groups in total. The average molecular weight is 602 g/mol. The lowest BCUT2D eigenvalue weighted by Gasteiger charge is -2.42. The zero-order chi connectivity index (χ0) is 30.7. The third-order valence-corrected chi connectivity index (χ3v) is 4.95. The zero-order valence-electron chi connectivity index (χ0n) is 17.3. The molecule has 0 spiro atoms. The van der Waals surface area contributed by atoms with Gasteiger partial charge in [-0.15, -0.1) is 0 Å². The van der Waals surface area contributed by atoms with E-state index in [2.05, 4.69) is 4.74 Å². The molecule has 0 fully saturated rings. The molecule has 0 heterocycles. The van der Waals surface area contributed by atoms with Crippen molar-refractivity contribution in [3.63, 3.8) is 0 Å². The molecule has 1 atom stereocenters. The quantitative estimate of drug-likeness (QED) is 0.191. The number of carbonyl (C=O) groups excluding carboxylic acids is 1. The van der Waals surface area contributed by atoms with Crippen LogP contribution in [0, 0.1) is 5.41 Å². The Morgan fingerprint density at radius 3 is 1.08 bits per heavy atom. The van der Waals surface area contributed by atoms with Gasteiger partial charge in [0.15, 0.2) is 12.0 Å². The van der Waals surface area contributed by atoms with Crippen LogP contribution in [-0.4, -0.2) is 66.4 Å². The van der Waals surface area contributed by atoms with E-state index in [9.17, 15) is 92.6 Å². The van der Waals surface area contributed by atoms with Gasteiger partial charge in [-0.2, -0.15) is 87.8 Å². The van der Waals surface area contributed by atoms with Gasteiger partial charge in [0, 0.05) is 0 Å². The Morgan fingerprint density at radius 2 is 0.811 bits per heavy atom. The molecule has 22 heteroatoms. The van der Waals surface area contributed by atoms with Crippen molar-refractivity contribution in [3.8, 4) is 0 Å². The van der Waals surface area contributed by atoms with Gasteiger partial charge in [-0.3, -0.25) is 4.79 Å². The van der Waals surface area contributed by atoms with E-state index in [4.69, 9.17) is 0 Å². The Morgan fingerprint density at radius 1 is 0.514 bits per heavy atom. The maximum atomic E-state index is 13.6.